The number of nitrogens with two attached hydrogens (primary N) is 1. The Hall–Kier alpha value is -2.53. The van der Waals surface area contributed by atoms with Crippen LogP contribution in [0.25, 0.3) is 0 Å². The summed E-state index contributed by atoms with van der Waals surface area (Å²) < 4.78 is 0. The lowest BCUT2D eigenvalue weighted by molar-refractivity contribution is 0.193. The highest BCUT2D eigenvalue weighted by Gasteiger charge is 2.28. The van der Waals surface area contributed by atoms with Crippen molar-refractivity contribution in [2.75, 3.05) is 31.6 Å². The molecule has 0 saturated heterocycles. The quantitative estimate of drug-likeness (QED) is 0.898. The molecule has 2 amide bonds. The maximum absolute atomic E-state index is 12.6. The molecule has 2 aromatic rings. The van der Waals surface area contributed by atoms with E-state index in [9.17, 15) is 4.79 Å². The molecule has 3 N–H and O–H groups in total. The van der Waals surface area contributed by atoms with Gasteiger partial charge < -0.3 is 20.9 Å². The van der Waals surface area contributed by atoms with E-state index in [2.05, 4.69) is 59.7 Å². The van der Waals surface area contributed by atoms with Crippen molar-refractivity contribution >= 4 is 11.7 Å². The molecule has 0 radical (unpaired) electrons. The van der Waals surface area contributed by atoms with E-state index in [1.54, 1.807) is 0 Å². The third kappa shape index (κ3) is 4.12. The number of carbonyl (C=O) groups excluding carboxylic acids is 1. The molecule has 1 aliphatic rings. The molecule has 5 heteroatoms. The number of amides is 2. The number of fused-ring (bicyclic) bond motifs is 1. The first-order valence-corrected chi connectivity index (χ1v) is 8.76. The van der Waals surface area contributed by atoms with Gasteiger partial charge in [0.15, 0.2) is 0 Å². The molecule has 0 bridgehead atoms. The van der Waals surface area contributed by atoms with Gasteiger partial charge >= 0.3 is 6.03 Å². The molecule has 132 valence electrons. The van der Waals surface area contributed by atoms with Gasteiger partial charge in [-0.25, -0.2) is 4.79 Å². The van der Waals surface area contributed by atoms with Crippen molar-refractivity contribution in [3.8, 4) is 0 Å². The number of anilines is 1. The van der Waals surface area contributed by atoms with Crippen molar-refractivity contribution in [1.29, 1.82) is 0 Å². The van der Waals surface area contributed by atoms with Crippen LogP contribution in [0.2, 0.25) is 0 Å². The molecule has 0 spiro atoms. The van der Waals surface area contributed by atoms with Gasteiger partial charge in [0.2, 0.25) is 0 Å². The van der Waals surface area contributed by atoms with Gasteiger partial charge in [-0.3, -0.25) is 0 Å². The number of nitrogens with one attached hydrogen (secondary N) is 1. The number of likely N-dealkylation sites (N-methyl/N-ethyl adjacent to an activating group) is 1. The van der Waals surface area contributed by atoms with Gasteiger partial charge in [0.05, 0.1) is 6.04 Å². The van der Waals surface area contributed by atoms with Crippen LogP contribution in [0, 0.1) is 0 Å². The SMILES string of the molecule is CN1c2ccccc2CN(C(=O)NCCN)CC1Cc1ccccc1. The molecular formula is C20H26N4O. The molecule has 3 rings (SSSR count). The van der Waals surface area contributed by atoms with Crippen LogP contribution in [0.15, 0.2) is 54.6 Å². The van der Waals surface area contributed by atoms with E-state index in [4.69, 9.17) is 5.73 Å². The summed E-state index contributed by atoms with van der Waals surface area (Å²) >= 11 is 0. The summed E-state index contributed by atoms with van der Waals surface area (Å²) in [5, 5.41) is 2.90. The molecule has 2 aromatic carbocycles. The van der Waals surface area contributed by atoms with Crippen LogP contribution in [-0.2, 0) is 13.0 Å². The fourth-order valence-electron chi connectivity index (χ4n) is 3.37. The summed E-state index contributed by atoms with van der Waals surface area (Å²) in [5.74, 6) is 0. The van der Waals surface area contributed by atoms with Gasteiger partial charge in [0.25, 0.3) is 0 Å². The van der Waals surface area contributed by atoms with Gasteiger partial charge in [0, 0.05) is 38.9 Å². The average molecular weight is 338 g/mol. The first-order chi connectivity index (χ1) is 12.2. The Morgan fingerprint density at radius 1 is 1.16 bits per heavy atom. The van der Waals surface area contributed by atoms with Gasteiger partial charge in [-0.1, -0.05) is 48.5 Å². The maximum atomic E-state index is 12.6. The van der Waals surface area contributed by atoms with E-state index in [1.807, 2.05) is 17.0 Å². The Labute approximate surface area is 149 Å². The smallest absolute Gasteiger partial charge is 0.317 e. The minimum Gasteiger partial charge on any atom is -0.369 e. The highest BCUT2D eigenvalue weighted by Crippen LogP contribution is 2.27. The number of urea groups is 1. The standard InChI is InChI=1S/C20H26N4O/c1-23-18(13-16-7-3-2-4-8-16)15-24(20(25)22-12-11-21)14-17-9-5-6-10-19(17)23/h2-10,18H,11-15,21H2,1H3,(H,22,25). The van der Waals surface area contributed by atoms with E-state index in [0.29, 0.717) is 26.2 Å². The van der Waals surface area contributed by atoms with Crippen molar-refractivity contribution in [1.82, 2.24) is 10.2 Å². The van der Waals surface area contributed by atoms with E-state index >= 15 is 0 Å². The van der Waals surface area contributed by atoms with Crippen LogP contribution in [0.5, 0.6) is 0 Å². The number of hydrogen-bond donors (Lipinski definition) is 2. The highest BCUT2D eigenvalue weighted by molar-refractivity contribution is 5.75. The largest absolute Gasteiger partial charge is 0.369 e. The van der Waals surface area contributed by atoms with Gasteiger partial charge in [-0.15, -0.1) is 0 Å². The molecule has 0 saturated carbocycles. The predicted octanol–water partition coefficient (Wildman–Crippen LogP) is 2.22. The van der Waals surface area contributed by atoms with Gasteiger partial charge in [-0.2, -0.15) is 0 Å². The van der Waals surface area contributed by atoms with E-state index in [-0.39, 0.29) is 12.1 Å². The molecule has 0 aromatic heterocycles. The molecule has 1 unspecified atom stereocenters. The number of para-hydroxylation sites is 1. The lowest BCUT2D eigenvalue weighted by Crippen LogP contribution is -2.47. The van der Waals surface area contributed by atoms with Crippen LogP contribution in [0.4, 0.5) is 10.5 Å². The zero-order valence-corrected chi connectivity index (χ0v) is 14.7. The summed E-state index contributed by atoms with van der Waals surface area (Å²) in [7, 11) is 2.12. The second-order valence-electron chi connectivity index (χ2n) is 6.48. The predicted molar refractivity (Wildman–Crippen MR) is 102 cm³/mol. The van der Waals surface area contributed by atoms with Gasteiger partial charge in [0.1, 0.15) is 0 Å². The number of nitrogens with zero attached hydrogens (tertiary/aromatic N) is 2. The molecule has 5 nitrogen and oxygen atoms in total. The fraction of sp³-hybridized carbons (Fsp3) is 0.350. The summed E-state index contributed by atoms with van der Waals surface area (Å²) in [6.45, 7) is 2.23. The van der Waals surface area contributed by atoms with Crippen molar-refractivity contribution < 1.29 is 4.79 Å². The van der Waals surface area contributed by atoms with Gasteiger partial charge in [-0.05, 0) is 23.6 Å². The molecule has 1 heterocycles. The van der Waals surface area contributed by atoms with E-state index in [0.717, 1.165) is 6.42 Å². The van der Waals surface area contributed by atoms with E-state index in [1.165, 1.54) is 16.8 Å². The molecular weight excluding hydrogens is 312 g/mol. The normalized spacial score (nSPS) is 17.0. The Morgan fingerprint density at radius 3 is 2.64 bits per heavy atom. The minimum atomic E-state index is -0.0476. The maximum Gasteiger partial charge on any atom is 0.317 e. The monoisotopic (exact) mass is 338 g/mol. The molecule has 25 heavy (non-hydrogen) atoms. The second-order valence-corrected chi connectivity index (χ2v) is 6.48. The summed E-state index contributed by atoms with van der Waals surface area (Å²) in [4.78, 5) is 16.8. The minimum absolute atomic E-state index is 0.0476. The summed E-state index contributed by atoms with van der Waals surface area (Å²) in [6, 6.07) is 18.9. The third-order valence-corrected chi connectivity index (χ3v) is 4.73. The lowest BCUT2D eigenvalue weighted by Gasteiger charge is -2.31. The van der Waals surface area contributed by atoms with Crippen molar-refractivity contribution in [3.63, 3.8) is 0 Å². The zero-order chi connectivity index (χ0) is 17.6. The Bertz CT molecular complexity index is 704. The number of rotatable bonds is 4. The highest BCUT2D eigenvalue weighted by atomic mass is 16.2. The molecule has 1 aliphatic heterocycles. The summed E-state index contributed by atoms with van der Waals surface area (Å²) in [6.07, 6.45) is 0.895. The van der Waals surface area contributed by atoms with Crippen LogP contribution in [0.3, 0.4) is 0 Å². The first-order valence-electron chi connectivity index (χ1n) is 8.76. The van der Waals surface area contributed by atoms with Crippen LogP contribution >= 0.6 is 0 Å². The van der Waals surface area contributed by atoms with Crippen molar-refractivity contribution in [2.45, 2.75) is 19.0 Å². The number of carbonyl (C=O) groups is 1. The summed E-state index contributed by atoms with van der Waals surface area (Å²) in [5.41, 5.74) is 9.16. The van der Waals surface area contributed by atoms with Crippen LogP contribution in [-0.4, -0.2) is 43.7 Å². The lowest BCUT2D eigenvalue weighted by atomic mass is 10.0. The average Bonchev–Trinajstić information content (AvgIpc) is 2.78. The zero-order valence-electron chi connectivity index (χ0n) is 14.7. The molecule has 1 atom stereocenters. The van der Waals surface area contributed by atoms with Crippen molar-refractivity contribution in [2.24, 2.45) is 5.73 Å². The Kier molecular flexibility index (Phi) is 5.56. The second kappa shape index (κ2) is 8.03. The molecule has 0 fully saturated rings. The Balaban J connectivity index is 1.87. The number of hydrogen-bond acceptors (Lipinski definition) is 3. The first kappa shape index (κ1) is 17.3. The topological polar surface area (TPSA) is 61.6 Å². The Morgan fingerprint density at radius 2 is 1.88 bits per heavy atom. The molecule has 0 aliphatic carbocycles. The fourth-order valence-corrected chi connectivity index (χ4v) is 3.37. The van der Waals surface area contributed by atoms with Crippen LogP contribution in [0.1, 0.15) is 11.1 Å². The van der Waals surface area contributed by atoms with Crippen molar-refractivity contribution in [3.05, 3.63) is 65.7 Å². The van der Waals surface area contributed by atoms with E-state index < -0.39 is 0 Å². The number of benzene rings is 2. The third-order valence-electron chi connectivity index (χ3n) is 4.73. The van der Waals surface area contributed by atoms with Crippen LogP contribution < -0.4 is 16.0 Å².